The van der Waals surface area contributed by atoms with Gasteiger partial charge in [0.2, 0.25) is 0 Å². The quantitative estimate of drug-likeness (QED) is 0.338. The number of carbonyl (C=O) groups is 1. The summed E-state index contributed by atoms with van der Waals surface area (Å²) in [7, 11) is 0. The van der Waals surface area contributed by atoms with Gasteiger partial charge in [-0.25, -0.2) is 4.79 Å². The SMILES string of the molecule is C[C@H](CC[C@@]1(OC(=O)c2ccccc2)CCOC1)[C@H]1CC[C@H]2[C@@H]3CC[C@H]4C[C@](O)(C(F)(F)F)CC[C@]4(C)[C@H]3CC[C@]12C. The average molecular weight is 591 g/mol. The standard InChI is InChI=1S/C35H49F3O4/c1-23(13-16-33(19-20-41-22-33)42-30(39)24-7-5-4-6-8-24)27-11-12-28-26-10-9-25-21-34(40,35(36,37)38)18-17-31(25,2)29(26)14-15-32(27,28)3/h4-8,23,25-29,40H,9-22H2,1-3H3/t23-,25+,26+,27-,28+,29+,31+,32-,33-,34+/m1/s1. The average Bonchev–Trinajstić information content (AvgIpc) is 3.56. The van der Waals surface area contributed by atoms with Crippen molar-refractivity contribution in [2.75, 3.05) is 13.2 Å². The lowest BCUT2D eigenvalue weighted by Gasteiger charge is -2.62. The van der Waals surface area contributed by atoms with Gasteiger partial charge >= 0.3 is 12.1 Å². The lowest BCUT2D eigenvalue weighted by atomic mass is 9.43. The van der Waals surface area contributed by atoms with Gasteiger partial charge in [0.15, 0.2) is 5.60 Å². The van der Waals surface area contributed by atoms with Gasteiger partial charge in [-0.3, -0.25) is 0 Å². The number of carbonyl (C=O) groups excluding carboxylic acids is 1. The van der Waals surface area contributed by atoms with Crippen LogP contribution in [0.5, 0.6) is 0 Å². The number of ether oxygens (including phenoxy) is 2. The van der Waals surface area contributed by atoms with Crippen molar-refractivity contribution in [1.82, 2.24) is 0 Å². The summed E-state index contributed by atoms with van der Waals surface area (Å²) in [4.78, 5) is 12.9. The molecule has 0 unspecified atom stereocenters. The molecule has 0 amide bonds. The van der Waals surface area contributed by atoms with Crippen LogP contribution in [0.3, 0.4) is 0 Å². The first-order valence-electron chi connectivity index (χ1n) is 16.5. The van der Waals surface area contributed by atoms with Gasteiger partial charge in [0.1, 0.15) is 5.60 Å². The van der Waals surface area contributed by atoms with Crippen molar-refractivity contribution < 1.29 is 32.5 Å². The maximum absolute atomic E-state index is 13.7. The monoisotopic (exact) mass is 590 g/mol. The van der Waals surface area contributed by atoms with Gasteiger partial charge in [-0.15, -0.1) is 0 Å². The molecule has 1 aromatic rings. The summed E-state index contributed by atoms with van der Waals surface area (Å²) in [5.41, 5.74) is -2.37. The molecule has 10 atom stereocenters. The molecule has 4 nitrogen and oxygen atoms in total. The number of hydrogen-bond acceptors (Lipinski definition) is 4. The lowest BCUT2D eigenvalue weighted by molar-refractivity contribution is -0.290. The van der Waals surface area contributed by atoms with Crippen molar-refractivity contribution >= 4 is 5.97 Å². The highest BCUT2D eigenvalue weighted by Crippen LogP contribution is 2.69. The number of alkyl halides is 3. The second-order valence-electron chi connectivity index (χ2n) is 15.4. The van der Waals surface area contributed by atoms with Crippen LogP contribution in [0, 0.1) is 46.3 Å². The maximum atomic E-state index is 13.7. The molecule has 6 rings (SSSR count). The largest absolute Gasteiger partial charge is 0.453 e. The third-order valence-corrected chi connectivity index (χ3v) is 13.5. The fraction of sp³-hybridized carbons (Fsp3) is 0.800. The van der Waals surface area contributed by atoms with Crippen molar-refractivity contribution in [3.05, 3.63) is 35.9 Å². The smallest absolute Gasteiger partial charge is 0.417 e. The van der Waals surface area contributed by atoms with E-state index in [4.69, 9.17) is 9.47 Å². The molecule has 1 heterocycles. The molecule has 0 aromatic heterocycles. The number of halogens is 3. The lowest BCUT2D eigenvalue weighted by Crippen LogP contribution is -2.59. The van der Waals surface area contributed by atoms with Gasteiger partial charge in [0.25, 0.3) is 0 Å². The Morgan fingerprint density at radius 1 is 1.00 bits per heavy atom. The third-order valence-electron chi connectivity index (χ3n) is 13.5. The highest BCUT2D eigenvalue weighted by molar-refractivity contribution is 5.89. The van der Waals surface area contributed by atoms with E-state index in [2.05, 4.69) is 20.8 Å². The van der Waals surface area contributed by atoms with E-state index in [0.29, 0.717) is 54.8 Å². The molecule has 5 fully saturated rings. The Bertz CT molecular complexity index is 1130. The van der Waals surface area contributed by atoms with Gasteiger partial charge in [0.05, 0.1) is 18.8 Å². The van der Waals surface area contributed by atoms with Gasteiger partial charge in [0, 0.05) is 6.42 Å². The molecule has 1 aliphatic heterocycles. The number of fused-ring (bicyclic) bond motifs is 5. The summed E-state index contributed by atoms with van der Waals surface area (Å²) < 4.78 is 53.1. The molecular formula is C35H49F3O4. The fourth-order valence-corrected chi connectivity index (χ4v) is 10.9. The molecule has 234 valence electrons. The highest BCUT2D eigenvalue weighted by Gasteiger charge is 2.65. The van der Waals surface area contributed by atoms with Crippen LogP contribution < -0.4 is 0 Å². The van der Waals surface area contributed by atoms with Crippen molar-refractivity contribution in [3.8, 4) is 0 Å². The second-order valence-corrected chi connectivity index (χ2v) is 15.4. The summed E-state index contributed by atoms with van der Waals surface area (Å²) in [5, 5.41) is 10.5. The van der Waals surface area contributed by atoms with Crippen molar-refractivity contribution in [2.45, 2.75) is 115 Å². The third kappa shape index (κ3) is 5.02. The van der Waals surface area contributed by atoms with E-state index in [9.17, 15) is 23.1 Å². The van der Waals surface area contributed by atoms with Crippen LogP contribution in [0.2, 0.25) is 0 Å². The zero-order chi connectivity index (χ0) is 30.0. The predicted octanol–water partition coefficient (Wildman–Crippen LogP) is 8.37. The molecule has 5 aliphatic rings. The normalized spacial score (nSPS) is 44.1. The molecule has 0 spiro atoms. The van der Waals surface area contributed by atoms with Crippen LogP contribution in [-0.4, -0.2) is 41.7 Å². The van der Waals surface area contributed by atoms with E-state index in [1.807, 2.05) is 18.2 Å². The minimum atomic E-state index is -4.55. The van der Waals surface area contributed by atoms with Gasteiger partial charge in [-0.1, -0.05) is 39.0 Å². The number of hydrogen-bond donors (Lipinski definition) is 1. The van der Waals surface area contributed by atoms with E-state index in [-0.39, 0.29) is 35.6 Å². The van der Waals surface area contributed by atoms with E-state index in [1.54, 1.807) is 12.1 Å². The van der Waals surface area contributed by atoms with Crippen LogP contribution in [0.25, 0.3) is 0 Å². The Labute approximate surface area is 249 Å². The van der Waals surface area contributed by atoms with Gasteiger partial charge < -0.3 is 14.6 Å². The topological polar surface area (TPSA) is 55.8 Å². The molecule has 1 aromatic carbocycles. The Kier molecular flexibility index (Phi) is 7.81. The van der Waals surface area contributed by atoms with Crippen LogP contribution in [0.15, 0.2) is 30.3 Å². The van der Waals surface area contributed by atoms with E-state index in [1.165, 1.54) is 12.8 Å². The molecule has 7 heteroatoms. The number of aliphatic hydroxyl groups is 1. The highest BCUT2D eigenvalue weighted by atomic mass is 19.4. The molecule has 1 N–H and O–H groups in total. The summed E-state index contributed by atoms with van der Waals surface area (Å²) in [5.74, 6) is 2.40. The first kappa shape index (κ1) is 30.4. The van der Waals surface area contributed by atoms with E-state index in [0.717, 1.165) is 44.9 Å². The molecule has 0 bridgehead atoms. The van der Waals surface area contributed by atoms with Crippen LogP contribution in [-0.2, 0) is 9.47 Å². The number of benzene rings is 1. The summed E-state index contributed by atoms with van der Waals surface area (Å²) in [6.07, 6.45) is 4.60. The summed E-state index contributed by atoms with van der Waals surface area (Å²) in [6, 6.07) is 9.19. The summed E-state index contributed by atoms with van der Waals surface area (Å²) >= 11 is 0. The maximum Gasteiger partial charge on any atom is 0.417 e. The van der Waals surface area contributed by atoms with Crippen LogP contribution in [0.4, 0.5) is 13.2 Å². The van der Waals surface area contributed by atoms with E-state index >= 15 is 0 Å². The van der Waals surface area contributed by atoms with E-state index < -0.39 is 17.4 Å². The van der Waals surface area contributed by atoms with Crippen LogP contribution >= 0.6 is 0 Å². The Hall–Kier alpha value is -1.60. The number of esters is 1. The molecule has 4 saturated carbocycles. The first-order chi connectivity index (χ1) is 19.8. The zero-order valence-corrected chi connectivity index (χ0v) is 25.6. The van der Waals surface area contributed by atoms with Gasteiger partial charge in [-0.2, -0.15) is 13.2 Å². The predicted molar refractivity (Wildman–Crippen MR) is 155 cm³/mol. The molecule has 42 heavy (non-hydrogen) atoms. The van der Waals surface area contributed by atoms with Crippen molar-refractivity contribution in [3.63, 3.8) is 0 Å². The van der Waals surface area contributed by atoms with Crippen molar-refractivity contribution in [1.29, 1.82) is 0 Å². The minimum absolute atomic E-state index is 0.0528. The number of rotatable bonds is 6. The molecule has 0 radical (unpaired) electrons. The Morgan fingerprint density at radius 3 is 2.43 bits per heavy atom. The molecule has 4 aliphatic carbocycles. The molecule has 1 saturated heterocycles. The van der Waals surface area contributed by atoms with Gasteiger partial charge in [-0.05, 0) is 129 Å². The first-order valence-corrected chi connectivity index (χ1v) is 16.5. The second kappa shape index (κ2) is 10.8. The van der Waals surface area contributed by atoms with Crippen molar-refractivity contribution in [2.24, 2.45) is 46.3 Å². The Balaban J connectivity index is 1.11. The zero-order valence-electron chi connectivity index (χ0n) is 25.6. The Morgan fingerprint density at radius 2 is 1.74 bits per heavy atom. The summed E-state index contributed by atoms with van der Waals surface area (Å²) in [6.45, 7) is 8.20. The van der Waals surface area contributed by atoms with Crippen LogP contribution in [0.1, 0.15) is 108 Å². The fourth-order valence-electron chi connectivity index (χ4n) is 10.9. The molecular weight excluding hydrogens is 541 g/mol. The minimum Gasteiger partial charge on any atom is -0.453 e.